The molecule has 0 aromatic rings. The van der Waals surface area contributed by atoms with Crippen LogP contribution < -0.4 is 0 Å². The van der Waals surface area contributed by atoms with E-state index < -0.39 is 5.97 Å². The van der Waals surface area contributed by atoms with E-state index in [1.54, 1.807) is 4.31 Å². The van der Waals surface area contributed by atoms with Gasteiger partial charge in [-0.2, -0.15) is 0 Å². The Morgan fingerprint density at radius 3 is 2.50 bits per heavy atom. The lowest BCUT2D eigenvalue weighted by Gasteiger charge is -2.11. The van der Waals surface area contributed by atoms with Crippen LogP contribution in [0.4, 0.5) is 0 Å². The lowest BCUT2D eigenvalue weighted by Crippen LogP contribution is -2.28. The van der Waals surface area contributed by atoms with Crippen LogP contribution in [0.3, 0.4) is 0 Å². The van der Waals surface area contributed by atoms with Crippen LogP contribution in [0.15, 0.2) is 0 Å². The van der Waals surface area contributed by atoms with Crippen LogP contribution in [0.25, 0.3) is 0 Å². The van der Waals surface area contributed by atoms with Crippen molar-refractivity contribution in [2.75, 3.05) is 6.54 Å². The number of rotatable bonds is 1. The van der Waals surface area contributed by atoms with Gasteiger partial charge < -0.3 is 5.11 Å². The van der Waals surface area contributed by atoms with Gasteiger partial charge in [0.25, 0.3) is 0 Å². The normalized spacial score (nSPS) is 25.9. The molecule has 0 amide bonds. The predicted octanol–water partition coefficient (Wildman–Crippen LogP) is 1.02. The lowest BCUT2D eigenvalue weighted by atomic mass is 10.2. The van der Waals surface area contributed by atoms with Gasteiger partial charge in [-0.1, -0.05) is 20.2 Å². The Bertz CT molecular complexity index is 129. The molecule has 0 aliphatic carbocycles. The average molecular weight is 163 g/mol. The van der Waals surface area contributed by atoms with Crippen LogP contribution >= 0.6 is 12.8 Å². The fraction of sp³-hybridized carbons (Fsp3) is 0.833. The fourth-order valence-electron chi connectivity index (χ4n) is 1.00. The summed E-state index contributed by atoms with van der Waals surface area (Å²) in [6.45, 7) is 0.792. The minimum atomic E-state index is -0.762. The van der Waals surface area contributed by atoms with Crippen molar-refractivity contribution in [1.29, 1.82) is 0 Å². The molecule has 1 saturated heterocycles. The summed E-state index contributed by atoms with van der Waals surface area (Å²) in [7, 11) is 0. The summed E-state index contributed by atoms with van der Waals surface area (Å²) in [5.74, 6) is -0.762. The molecular weight excluding hydrogens is 150 g/mol. The third-order valence-electron chi connectivity index (χ3n) is 1.51. The summed E-state index contributed by atoms with van der Waals surface area (Å²) < 4.78 is 1.57. The zero-order chi connectivity index (χ0) is 6.85. The Morgan fingerprint density at radius 2 is 2.30 bits per heavy atom. The van der Waals surface area contributed by atoms with Gasteiger partial charge in [-0.25, -0.2) is 4.31 Å². The zero-order valence-electron chi connectivity index (χ0n) is 4.95. The number of carboxylic acids is 1. The van der Waals surface area contributed by atoms with E-state index in [1.165, 1.54) is 0 Å². The summed E-state index contributed by atoms with van der Waals surface area (Å²) in [4.78, 5) is 10.3. The number of hydrogen-bond donors (Lipinski definition) is 2. The van der Waals surface area contributed by atoms with E-state index >= 15 is 0 Å². The van der Waals surface area contributed by atoms with Gasteiger partial charge in [0.15, 0.2) is 0 Å². The highest BCUT2D eigenvalue weighted by Crippen LogP contribution is 2.18. The molecule has 1 heterocycles. The highest BCUT2D eigenvalue weighted by molar-refractivity contribution is 7.77. The van der Waals surface area contributed by atoms with E-state index in [-0.39, 0.29) is 13.5 Å². The number of aliphatic carboxylic acids is 1. The first-order valence-corrected chi connectivity index (χ1v) is 3.30. The molecule has 1 aliphatic rings. The van der Waals surface area contributed by atoms with Gasteiger partial charge in [-0.15, -0.1) is 0 Å². The van der Waals surface area contributed by atoms with Crippen LogP contribution in [-0.4, -0.2) is 28.0 Å². The summed E-state index contributed by atoms with van der Waals surface area (Å²) in [5, 5.41) is 8.49. The SMILES string of the molecule is C.O=C(O)C1CCCN1S. The molecule has 0 aromatic carbocycles. The molecule has 0 saturated carbocycles. The fourth-order valence-corrected chi connectivity index (χ4v) is 1.36. The van der Waals surface area contributed by atoms with E-state index in [2.05, 4.69) is 12.8 Å². The van der Waals surface area contributed by atoms with Crippen molar-refractivity contribution in [1.82, 2.24) is 4.31 Å². The minimum Gasteiger partial charge on any atom is -0.480 e. The summed E-state index contributed by atoms with van der Waals surface area (Å²) >= 11 is 3.98. The maximum atomic E-state index is 10.3. The molecule has 4 heteroatoms. The van der Waals surface area contributed by atoms with E-state index in [9.17, 15) is 4.79 Å². The van der Waals surface area contributed by atoms with Crippen molar-refractivity contribution in [2.24, 2.45) is 0 Å². The molecule has 3 nitrogen and oxygen atoms in total. The van der Waals surface area contributed by atoms with Gasteiger partial charge in [0.05, 0.1) is 0 Å². The van der Waals surface area contributed by atoms with Crippen LogP contribution in [-0.2, 0) is 4.79 Å². The summed E-state index contributed by atoms with van der Waals surface area (Å²) in [6, 6.07) is -0.353. The van der Waals surface area contributed by atoms with Gasteiger partial charge in [0.2, 0.25) is 0 Å². The van der Waals surface area contributed by atoms with Crippen molar-refractivity contribution >= 4 is 18.8 Å². The summed E-state index contributed by atoms with van der Waals surface area (Å²) in [6.07, 6.45) is 1.68. The largest absolute Gasteiger partial charge is 0.480 e. The van der Waals surface area contributed by atoms with E-state index in [4.69, 9.17) is 5.11 Å². The van der Waals surface area contributed by atoms with Crippen molar-refractivity contribution < 1.29 is 9.90 Å². The van der Waals surface area contributed by atoms with E-state index in [0.29, 0.717) is 0 Å². The quantitative estimate of drug-likeness (QED) is 0.567. The number of thiol groups is 1. The molecule has 1 atom stereocenters. The van der Waals surface area contributed by atoms with Crippen molar-refractivity contribution in [3.8, 4) is 0 Å². The molecule has 1 fully saturated rings. The van der Waals surface area contributed by atoms with Crippen LogP contribution in [0.1, 0.15) is 20.3 Å². The molecule has 1 N–H and O–H groups in total. The first kappa shape index (κ1) is 9.78. The molecule has 0 spiro atoms. The van der Waals surface area contributed by atoms with Crippen molar-refractivity contribution in [3.05, 3.63) is 0 Å². The average Bonchev–Trinajstić information content (AvgIpc) is 2.13. The Labute approximate surface area is 66.6 Å². The molecule has 0 radical (unpaired) electrons. The Hall–Kier alpha value is -0.220. The first-order chi connectivity index (χ1) is 4.22. The standard InChI is InChI=1S/C5H9NO2S.CH4/c7-5(8)4-2-1-3-6(4)9;/h4,9H,1-3H2,(H,7,8);1H4. The van der Waals surface area contributed by atoms with Gasteiger partial charge in [0.1, 0.15) is 6.04 Å². The summed E-state index contributed by atoms with van der Waals surface area (Å²) in [5.41, 5.74) is 0. The van der Waals surface area contributed by atoms with Gasteiger partial charge in [-0.05, 0) is 12.8 Å². The maximum Gasteiger partial charge on any atom is 0.321 e. The number of nitrogens with zero attached hydrogens (tertiary/aromatic N) is 1. The van der Waals surface area contributed by atoms with Crippen LogP contribution in [0.2, 0.25) is 0 Å². The number of hydrogen-bond acceptors (Lipinski definition) is 3. The smallest absolute Gasteiger partial charge is 0.321 e. The molecule has 10 heavy (non-hydrogen) atoms. The molecule has 1 unspecified atom stereocenters. The second-order valence-electron chi connectivity index (χ2n) is 2.16. The monoisotopic (exact) mass is 163 g/mol. The molecule has 60 valence electrons. The predicted molar refractivity (Wildman–Crippen MR) is 43.1 cm³/mol. The van der Waals surface area contributed by atoms with Crippen LogP contribution in [0, 0.1) is 0 Å². The molecule has 0 aromatic heterocycles. The maximum absolute atomic E-state index is 10.3. The molecular formula is C6H13NO2S. The Balaban J connectivity index is 0.000000810. The zero-order valence-corrected chi connectivity index (χ0v) is 5.84. The number of carboxylic acid groups (broad SMARTS) is 1. The van der Waals surface area contributed by atoms with Gasteiger partial charge >= 0.3 is 5.97 Å². The second-order valence-corrected chi connectivity index (χ2v) is 2.67. The van der Waals surface area contributed by atoms with E-state index in [1.807, 2.05) is 0 Å². The minimum absolute atomic E-state index is 0. The van der Waals surface area contributed by atoms with Crippen molar-refractivity contribution in [3.63, 3.8) is 0 Å². The van der Waals surface area contributed by atoms with Crippen molar-refractivity contribution in [2.45, 2.75) is 26.3 Å². The van der Waals surface area contributed by atoms with Gasteiger partial charge in [0, 0.05) is 6.54 Å². The van der Waals surface area contributed by atoms with E-state index in [0.717, 1.165) is 19.4 Å². The third-order valence-corrected chi connectivity index (χ3v) is 1.99. The highest BCUT2D eigenvalue weighted by Gasteiger charge is 2.27. The topological polar surface area (TPSA) is 40.5 Å². The van der Waals surface area contributed by atoms with Gasteiger partial charge in [-0.3, -0.25) is 4.79 Å². The Kier molecular flexibility index (Phi) is 3.75. The highest BCUT2D eigenvalue weighted by atomic mass is 32.1. The number of carbonyl (C=O) groups is 1. The Morgan fingerprint density at radius 1 is 1.70 bits per heavy atom. The lowest BCUT2D eigenvalue weighted by molar-refractivity contribution is -0.140. The first-order valence-electron chi connectivity index (χ1n) is 2.90. The molecule has 1 aliphatic heterocycles. The third kappa shape index (κ3) is 1.88. The molecule has 0 bridgehead atoms. The molecule has 1 rings (SSSR count). The van der Waals surface area contributed by atoms with Crippen LogP contribution in [0.5, 0.6) is 0 Å². The second kappa shape index (κ2) is 3.83.